The first kappa shape index (κ1) is 10.4. The van der Waals surface area contributed by atoms with Crippen molar-refractivity contribution in [3.8, 4) is 22.6 Å². The molecule has 2 aromatic rings. The van der Waals surface area contributed by atoms with E-state index in [4.69, 9.17) is 10.5 Å². The standard InChI is InChI=1S/C13H13NO2/c1-16-13-7-10(5-11(14)8-13)9-3-2-4-12(15)6-9/h2-8,15H,14H2,1H3. The van der Waals surface area contributed by atoms with E-state index >= 15 is 0 Å². The smallest absolute Gasteiger partial charge is 0.121 e. The summed E-state index contributed by atoms with van der Waals surface area (Å²) in [7, 11) is 1.60. The number of phenolic OH excluding ortho intramolecular Hbond substituents is 1. The van der Waals surface area contributed by atoms with Gasteiger partial charge in [-0.1, -0.05) is 12.1 Å². The van der Waals surface area contributed by atoms with E-state index in [0.717, 1.165) is 11.1 Å². The first-order valence-corrected chi connectivity index (χ1v) is 4.93. The van der Waals surface area contributed by atoms with E-state index in [0.29, 0.717) is 11.4 Å². The number of phenols is 1. The van der Waals surface area contributed by atoms with Crippen molar-refractivity contribution in [2.24, 2.45) is 0 Å². The molecule has 82 valence electrons. The van der Waals surface area contributed by atoms with Gasteiger partial charge >= 0.3 is 0 Å². The Bertz CT molecular complexity index is 509. The second-order valence-electron chi connectivity index (χ2n) is 3.55. The molecule has 2 rings (SSSR count). The maximum absolute atomic E-state index is 9.41. The topological polar surface area (TPSA) is 55.5 Å². The summed E-state index contributed by atoms with van der Waals surface area (Å²) in [6.45, 7) is 0. The molecule has 0 aliphatic carbocycles. The maximum atomic E-state index is 9.41. The number of aromatic hydroxyl groups is 1. The molecular formula is C13H13NO2. The summed E-state index contributed by atoms with van der Waals surface area (Å²) in [5, 5.41) is 9.41. The molecule has 0 fully saturated rings. The first-order valence-electron chi connectivity index (χ1n) is 4.93. The summed E-state index contributed by atoms with van der Waals surface area (Å²) in [4.78, 5) is 0. The number of nitrogen functional groups attached to an aromatic ring is 1. The molecule has 0 aliphatic heterocycles. The molecular weight excluding hydrogens is 202 g/mol. The van der Waals surface area contributed by atoms with E-state index in [2.05, 4.69) is 0 Å². The van der Waals surface area contributed by atoms with Gasteiger partial charge in [-0.25, -0.2) is 0 Å². The predicted molar refractivity (Wildman–Crippen MR) is 64.5 cm³/mol. The van der Waals surface area contributed by atoms with Gasteiger partial charge < -0.3 is 15.6 Å². The lowest BCUT2D eigenvalue weighted by atomic mass is 10.0. The van der Waals surface area contributed by atoms with E-state index in [1.165, 1.54) is 0 Å². The number of hydrogen-bond acceptors (Lipinski definition) is 3. The second kappa shape index (κ2) is 4.14. The highest BCUT2D eigenvalue weighted by molar-refractivity contribution is 5.70. The quantitative estimate of drug-likeness (QED) is 0.757. The fourth-order valence-corrected chi connectivity index (χ4v) is 1.59. The minimum atomic E-state index is 0.235. The molecule has 0 radical (unpaired) electrons. The zero-order chi connectivity index (χ0) is 11.5. The largest absolute Gasteiger partial charge is 0.508 e. The molecule has 0 amide bonds. The van der Waals surface area contributed by atoms with Gasteiger partial charge in [-0.05, 0) is 35.4 Å². The molecule has 3 heteroatoms. The summed E-state index contributed by atoms with van der Waals surface area (Å²) >= 11 is 0. The number of benzene rings is 2. The molecule has 0 spiro atoms. The Morgan fingerprint density at radius 2 is 1.88 bits per heavy atom. The number of anilines is 1. The second-order valence-corrected chi connectivity index (χ2v) is 3.55. The Morgan fingerprint density at radius 1 is 1.06 bits per heavy atom. The van der Waals surface area contributed by atoms with Crippen molar-refractivity contribution >= 4 is 5.69 Å². The van der Waals surface area contributed by atoms with Gasteiger partial charge in [-0.3, -0.25) is 0 Å². The molecule has 0 saturated carbocycles. The SMILES string of the molecule is COc1cc(N)cc(-c2cccc(O)c2)c1. The Hall–Kier alpha value is -2.16. The van der Waals surface area contributed by atoms with E-state index in [9.17, 15) is 5.11 Å². The molecule has 0 bridgehead atoms. The zero-order valence-electron chi connectivity index (χ0n) is 8.97. The minimum Gasteiger partial charge on any atom is -0.508 e. The third-order valence-electron chi connectivity index (χ3n) is 2.34. The van der Waals surface area contributed by atoms with Crippen LogP contribution in [-0.4, -0.2) is 12.2 Å². The highest BCUT2D eigenvalue weighted by Gasteiger charge is 2.02. The van der Waals surface area contributed by atoms with E-state index < -0.39 is 0 Å². The van der Waals surface area contributed by atoms with Gasteiger partial charge in [0.15, 0.2) is 0 Å². The molecule has 2 aromatic carbocycles. The molecule has 3 nitrogen and oxygen atoms in total. The van der Waals surface area contributed by atoms with Crippen molar-refractivity contribution in [2.45, 2.75) is 0 Å². The number of nitrogens with two attached hydrogens (primary N) is 1. The molecule has 0 atom stereocenters. The first-order chi connectivity index (χ1) is 7.69. The van der Waals surface area contributed by atoms with Crippen LogP contribution in [0.15, 0.2) is 42.5 Å². The van der Waals surface area contributed by atoms with Crippen LogP contribution in [0.25, 0.3) is 11.1 Å². The van der Waals surface area contributed by atoms with Crippen molar-refractivity contribution in [3.05, 3.63) is 42.5 Å². The summed E-state index contributed by atoms with van der Waals surface area (Å²) < 4.78 is 5.14. The Labute approximate surface area is 94.1 Å². The van der Waals surface area contributed by atoms with Crippen molar-refractivity contribution in [1.82, 2.24) is 0 Å². The minimum absolute atomic E-state index is 0.235. The lowest BCUT2D eigenvalue weighted by Crippen LogP contribution is -1.89. The van der Waals surface area contributed by atoms with Gasteiger partial charge in [0.2, 0.25) is 0 Å². The number of hydrogen-bond donors (Lipinski definition) is 2. The molecule has 0 saturated heterocycles. The van der Waals surface area contributed by atoms with Crippen LogP contribution in [-0.2, 0) is 0 Å². The van der Waals surface area contributed by atoms with Crippen LogP contribution in [0.2, 0.25) is 0 Å². The summed E-state index contributed by atoms with van der Waals surface area (Å²) in [5.74, 6) is 0.942. The predicted octanol–water partition coefficient (Wildman–Crippen LogP) is 2.65. The number of rotatable bonds is 2. The number of ether oxygens (including phenoxy) is 1. The Morgan fingerprint density at radius 3 is 2.56 bits per heavy atom. The molecule has 0 unspecified atom stereocenters. The third-order valence-corrected chi connectivity index (χ3v) is 2.34. The third kappa shape index (κ3) is 2.08. The van der Waals surface area contributed by atoms with Gasteiger partial charge in [0, 0.05) is 11.8 Å². The normalized spacial score (nSPS) is 10.1. The van der Waals surface area contributed by atoms with Gasteiger partial charge in [-0.2, -0.15) is 0 Å². The number of methoxy groups -OCH3 is 1. The summed E-state index contributed by atoms with van der Waals surface area (Å²) in [5.41, 5.74) is 8.24. The average molecular weight is 215 g/mol. The van der Waals surface area contributed by atoms with Crippen LogP contribution in [0.3, 0.4) is 0 Å². The fraction of sp³-hybridized carbons (Fsp3) is 0.0769. The van der Waals surface area contributed by atoms with Gasteiger partial charge in [0.05, 0.1) is 7.11 Å². The van der Waals surface area contributed by atoms with Gasteiger partial charge in [0.25, 0.3) is 0 Å². The lowest BCUT2D eigenvalue weighted by molar-refractivity contribution is 0.415. The van der Waals surface area contributed by atoms with E-state index in [-0.39, 0.29) is 5.75 Å². The average Bonchev–Trinajstić information content (AvgIpc) is 2.28. The summed E-state index contributed by atoms with van der Waals surface area (Å²) in [6.07, 6.45) is 0. The molecule has 0 aromatic heterocycles. The molecule has 3 N–H and O–H groups in total. The monoisotopic (exact) mass is 215 g/mol. The van der Waals surface area contributed by atoms with Crippen LogP contribution >= 0.6 is 0 Å². The lowest BCUT2D eigenvalue weighted by Gasteiger charge is -2.07. The van der Waals surface area contributed by atoms with Crippen molar-refractivity contribution in [1.29, 1.82) is 0 Å². The van der Waals surface area contributed by atoms with Crippen LogP contribution in [0.1, 0.15) is 0 Å². The molecule has 16 heavy (non-hydrogen) atoms. The van der Waals surface area contributed by atoms with Crippen molar-refractivity contribution in [3.63, 3.8) is 0 Å². The van der Waals surface area contributed by atoms with Crippen LogP contribution in [0.4, 0.5) is 5.69 Å². The van der Waals surface area contributed by atoms with Crippen molar-refractivity contribution in [2.75, 3.05) is 12.8 Å². The van der Waals surface area contributed by atoms with Crippen molar-refractivity contribution < 1.29 is 9.84 Å². The molecule has 0 aliphatic rings. The molecule has 0 heterocycles. The van der Waals surface area contributed by atoms with Crippen LogP contribution in [0.5, 0.6) is 11.5 Å². The van der Waals surface area contributed by atoms with E-state index in [1.54, 1.807) is 31.4 Å². The fourth-order valence-electron chi connectivity index (χ4n) is 1.59. The van der Waals surface area contributed by atoms with Crippen LogP contribution in [0, 0.1) is 0 Å². The van der Waals surface area contributed by atoms with Crippen LogP contribution < -0.4 is 10.5 Å². The Kier molecular flexibility index (Phi) is 2.68. The highest BCUT2D eigenvalue weighted by atomic mass is 16.5. The maximum Gasteiger partial charge on any atom is 0.121 e. The van der Waals surface area contributed by atoms with Gasteiger partial charge in [0.1, 0.15) is 11.5 Å². The zero-order valence-corrected chi connectivity index (χ0v) is 8.97. The summed E-state index contributed by atoms with van der Waals surface area (Å²) in [6, 6.07) is 12.5. The van der Waals surface area contributed by atoms with E-state index in [1.807, 2.05) is 18.2 Å². The highest BCUT2D eigenvalue weighted by Crippen LogP contribution is 2.28. The van der Waals surface area contributed by atoms with Gasteiger partial charge in [-0.15, -0.1) is 0 Å². The Balaban J connectivity index is 2.51.